The van der Waals surface area contributed by atoms with E-state index >= 15 is 0 Å². The number of ether oxygens (including phenoxy) is 1. The van der Waals surface area contributed by atoms with Gasteiger partial charge in [-0.3, -0.25) is 9.59 Å². The molecule has 2 atom stereocenters. The van der Waals surface area contributed by atoms with Gasteiger partial charge in [0.05, 0.1) is 0 Å². The predicted molar refractivity (Wildman–Crippen MR) is 142 cm³/mol. The van der Waals surface area contributed by atoms with Crippen LogP contribution in [0.1, 0.15) is 97.2 Å². The molecular formula is C29H43N3O4. The highest BCUT2D eigenvalue weighted by atomic mass is 16.6. The van der Waals surface area contributed by atoms with E-state index in [1.807, 2.05) is 32.0 Å². The quantitative estimate of drug-likeness (QED) is 0.316. The number of rotatable bonds is 12. The van der Waals surface area contributed by atoms with E-state index < -0.39 is 23.8 Å². The van der Waals surface area contributed by atoms with Crippen LogP contribution in [0, 0.1) is 18.3 Å². The van der Waals surface area contributed by atoms with Gasteiger partial charge in [-0.15, -0.1) is 6.42 Å². The first-order chi connectivity index (χ1) is 17.0. The number of carbonyl (C=O) groups excluding carboxylic acids is 3. The first-order valence-electron chi connectivity index (χ1n) is 13.1. The molecule has 0 saturated heterocycles. The van der Waals surface area contributed by atoms with Crippen molar-refractivity contribution in [2.24, 2.45) is 5.92 Å². The van der Waals surface area contributed by atoms with E-state index in [1.54, 1.807) is 31.7 Å². The zero-order chi connectivity index (χ0) is 26.9. The highest BCUT2D eigenvalue weighted by Crippen LogP contribution is 2.37. The number of nitrogens with one attached hydrogen (secondary N) is 2. The highest BCUT2D eigenvalue weighted by Gasteiger charge is 2.44. The second-order valence-corrected chi connectivity index (χ2v) is 10.9. The van der Waals surface area contributed by atoms with Gasteiger partial charge in [0.15, 0.2) is 0 Å². The molecule has 0 radical (unpaired) electrons. The van der Waals surface area contributed by atoms with Crippen molar-refractivity contribution in [2.75, 3.05) is 6.54 Å². The number of benzene rings is 1. The summed E-state index contributed by atoms with van der Waals surface area (Å²) in [5, 5.41) is 5.80. The first-order valence-corrected chi connectivity index (χ1v) is 13.1. The number of hydrogen-bond acceptors (Lipinski definition) is 4. The molecule has 2 rings (SSSR count). The molecule has 0 aromatic heterocycles. The summed E-state index contributed by atoms with van der Waals surface area (Å²) in [5.41, 5.74) is 0.497. The van der Waals surface area contributed by atoms with Crippen LogP contribution in [0.4, 0.5) is 4.79 Å². The second kappa shape index (κ2) is 13.3. The van der Waals surface area contributed by atoms with Crippen LogP contribution in [0.2, 0.25) is 0 Å². The molecule has 1 saturated carbocycles. The molecular weight excluding hydrogens is 454 g/mol. The van der Waals surface area contributed by atoms with Gasteiger partial charge in [0.2, 0.25) is 11.8 Å². The molecule has 7 nitrogen and oxygen atoms in total. The molecule has 3 amide bonds. The lowest BCUT2D eigenvalue weighted by molar-refractivity contribution is -0.143. The minimum atomic E-state index is -0.881. The van der Waals surface area contributed by atoms with E-state index in [4.69, 9.17) is 11.2 Å². The van der Waals surface area contributed by atoms with Crippen LogP contribution >= 0.6 is 0 Å². The third-order valence-electron chi connectivity index (χ3n) is 5.91. The molecule has 0 heterocycles. The lowest BCUT2D eigenvalue weighted by Crippen LogP contribution is -2.54. The number of terminal acetylenes is 1. The fraction of sp³-hybridized carbons (Fsp3) is 0.621. The van der Waals surface area contributed by atoms with Crippen molar-refractivity contribution >= 4 is 17.9 Å². The number of amides is 3. The van der Waals surface area contributed by atoms with Crippen LogP contribution in [0.3, 0.4) is 0 Å². The molecule has 1 aromatic rings. The van der Waals surface area contributed by atoms with Gasteiger partial charge >= 0.3 is 6.09 Å². The minimum absolute atomic E-state index is 0.0928. The van der Waals surface area contributed by atoms with Gasteiger partial charge in [0.25, 0.3) is 0 Å². The molecule has 0 aliphatic heterocycles. The van der Waals surface area contributed by atoms with Crippen molar-refractivity contribution in [1.29, 1.82) is 0 Å². The molecule has 1 aromatic carbocycles. The van der Waals surface area contributed by atoms with Crippen molar-refractivity contribution in [2.45, 2.75) is 104 Å². The summed E-state index contributed by atoms with van der Waals surface area (Å²) < 4.78 is 5.43. The van der Waals surface area contributed by atoms with E-state index in [2.05, 4.69) is 23.5 Å². The van der Waals surface area contributed by atoms with Gasteiger partial charge in [0, 0.05) is 18.2 Å². The molecule has 1 aliphatic carbocycles. The van der Waals surface area contributed by atoms with Crippen molar-refractivity contribution in [3.63, 3.8) is 0 Å². The average Bonchev–Trinajstić information content (AvgIpc) is 3.63. The van der Waals surface area contributed by atoms with E-state index in [-0.39, 0.29) is 23.8 Å². The lowest BCUT2D eigenvalue weighted by atomic mass is 9.96. The summed E-state index contributed by atoms with van der Waals surface area (Å²) in [7, 11) is 0. The summed E-state index contributed by atoms with van der Waals surface area (Å²) in [5.74, 6) is 2.26. The van der Waals surface area contributed by atoms with Gasteiger partial charge in [0.1, 0.15) is 17.7 Å². The third-order valence-corrected chi connectivity index (χ3v) is 5.91. The molecule has 1 aliphatic rings. The van der Waals surface area contributed by atoms with Gasteiger partial charge in [-0.25, -0.2) is 4.79 Å². The second-order valence-electron chi connectivity index (χ2n) is 10.9. The normalized spacial score (nSPS) is 14.9. The maximum absolute atomic E-state index is 14.1. The maximum atomic E-state index is 14.1. The summed E-state index contributed by atoms with van der Waals surface area (Å²) >= 11 is 0. The summed E-state index contributed by atoms with van der Waals surface area (Å²) in [6, 6.07) is 5.45. The number of nitrogens with zero attached hydrogens (tertiary/aromatic N) is 1. The SMILES string of the molecule is C#Cc1ccccc1C(C(=O)NCCCCC)N(C(=O)C(CC(C)C)NC(=O)OC(C)(C)C)C1CC1. The largest absolute Gasteiger partial charge is 0.444 e. The van der Waals surface area contributed by atoms with Gasteiger partial charge < -0.3 is 20.3 Å². The molecule has 2 unspecified atom stereocenters. The number of alkyl carbamates (subject to hydrolysis) is 1. The molecule has 1 fully saturated rings. The van der Waals surface area contributed by atoms with Crippen LogP contribution in [0.5, 0.6) is 0 Å². The van der Waals surface area contributed by atoms with Gasteiger partial charge in [-0.05, 0) is 64.0 Å². The third kappa shape index (κ3) is 8.89. The smallest absolute Gasteiger partial charge is 0.408 e. The Morgan fingerprint density at radius 1 is 1.17 bits per heavy atom. The Labute approximate surface area is 216 Å². The van der Waals surface area contributed by atoms with Crippen LogP contribution in [0.25, 0.3) is 0 Å². The van der Waals surface area contributed by atoms with Crippen molar-refractivity contribution in [1.82, 2.24) is 15.5 Å². The fourth-order valence-electron chi connectivity index (χ4n) is 4.16. The zero-order valence-corrected chi connectivity index (χ0v) is 22.7. The Kier molecular flexibility index (Phi) is 10.8. The van der Waals surface area contributed by atoms with Crippen molar-refractivity contribution < 1.29 is 19.1 Å². The zero-order valence-electron chi connectivity index (χ0n) is 22.7. The Bertz CT molecular complexity index is 941. The first kappa shape index (κ1) is 29.2. The summed E-state index contributed by atoms with van der Waals surface area (Å²) in [4.78, 5) is 42.0. The minimum Gasteiger partial charge on any atom is -0.444 e. The molecule has 198 valence electrons. The van der Waals surface area contributed by atoms with Crippen LogP contribution in [-0.2, 0) is 14.3 Å². The van der Waals surface area contributed by atoms with E-state index in [1.165, 1.54) is 0 Å². The molecule has 0 spiro atoms. The van der Waals surface area contributed by atoms with Gasteiger partial charge in [-0.1, -0.05) is 57.7 Å². The Balaban J connectivity index is 2.44. The van der Waals surface area contributed by atoms with E-state index in [0.717, 1.165) is 32.1 Å². The van der Waals surface area contributed by atoms with Crippen molar-refractivity contribution in [3.05, 3.63) is 35.4 Å². The van der Waals surface area contributed by atoms with Crippen molar-refractivity contribution in [3.8, 4) is 12.3 Å². The molecule has 0 bridgehead atoms. The summed E-state index contributed by atoms with van der Waals surface area (Å²) in [6.45, 7) is 11.9. The molecule has 36 heavy (non-hydrogen) atoms. The van der Waals surface area contributed by atoms with Crippen LogP contribution in [-0.4, -0.2) is 47.0 Å². The Hall–Kier alpha value is -3.01. The Morgan fingerprint density at radius 3 is 2.39 bits per heavy atom. The lowest BCUT2D eigenvalue weighted by Gasteiger charge is -2.35. The summed E-state index contributed by atoms with van der Waals surface area (Å²) in [6.07, 6.45) is 10.1. The van der Waals surface area contributed by atoms with E-state index in [9.17, 15) is 14.4 Å². The number of carbonyl (C=O) groups is 3. The fourth-order valence-corrected chi connectivity index (χ4v) is 4.16. The number of unbranched alkanes of at least 4 members (excludes halogenated alkanes) is 2. The number of hydrogen-bond donors (Lipinski definition) is 2. The topological polar surface area (TPSA) is 87.7 Å². The average molecular weight is 498 g/mol. The monoisotopic (exact) mass is 497 g/mol. The molecule has 2 N–H and O–H groups in total. The van der Waals surface area contributed by atoms with E-state index in [0.29, 0.717) is 24.1 Å². The highest BCUT2D eigenvalue weighted by molar-refractivity contribution is 5.93. The predicted octanol–water partition coefficient (Wildman–Crippen LogP) is 4.95. The van der Waals surface area contributed by atoms with Crippen LogP contribution < -0.4 is 10.6 Å². The van der Waals surface area contributed by atoms with Gasteiger partial charge in [-0.2, -0.15) is 0 Å². The standard InChI is InChI=1S/C29H43N3O4/c1-8-10-13-18-30-26(33)25(23-15-12-11-14-21(23)9-2)32(22-16-17-22)27(34)24(19-20(3)4)31-28(35)36-29(5,6)7/h2,11-12,14-15,20,22,24-25H,8,10,13,16-19H2,1,3-7H3,(H,30,33)(H,31,35). The van der Waals surface area contributed by atoms with Crippen LogP contribution in [0.15, 0.2) is 24.3 Å². The Morgan fingerprint density at radius 2 is 1.83 bits per heavy atom. The molecule has 7 heteroatoms. The maximum Gasteiger partial charge on any atom is 0.408 e.